The van der Waals surface area contributed by atoms with Crippen molar-refractivity contribution in [3.63, 3.8) is 0 Å². The average Bonchev–Trinajstić information content (AvgIpc) is 3.18. The number of nitrogens with zero attached hydrogens (tertiary/aromatic N) is 2. The first-order valence-corrected chi connectivity index (χ1v) is 12.4. The Morgan fingerprint density at radius 1 is 1.11 bits per heavy atom. The summed E-state index contributed by atoms with van der Waals surface area (Å²) in [6, 6.07) is 22.6. The lowest BCUT2D eigenvalue weighted by atomic mass is 10.2. The molecule has 0 aliphatic heterocycles. The van der Waals surface area contributed by atoms with Crippen LogP contribution in [0.15, 0.2) is 77.6 Å². The fourth-order valence-electron chi connectivity index (χ4n) is 3.46. The first-order valence-electron chi connectivity index (χ1n) is 10.8. The second-order valence-electron chi connectivity index (χ2n) is 7.43. The van der Waals surface area contributed by atoms with Crippen LogP contribution < -0.4 is 24.8 Å². The highest BCUT2D eigenvalue weighted by molar-refractivity contribution is 7.07. The number of ether oxygens (including phenoxy) is 1. The molecule has 4 rings (SSSR count). The number of amides is 1. The van der Waals surface area contributed by atoms with E-state index in [1.807, 2.05) is 19.1 Å². The fourth-order valence-corrected chi connectivity index (χ4v) is 4.92. The monoisotopic (exact) mass is 535 g/mol. The molecule has 0 unspecified atom stereocenters. The summed E-state index contributed by atoms with van der Waals surface area (Å²) in [6.45, 7) is 2.29. The Labute approximate surface area is 220 Å². The zero-order valence-corrected chi connectivity index (χ0v) is 21.3. The van der Waals surface area contributed by atoms with E-state index < -0.39 is 5.91 Å². The number of nitriles is 1. The van der Waals surface area contributed by atoms with Gasteiger partial charge in [-0.3, -0.25) is 14.2 Å². The number of carbonyl (C=O) groups excluding carboxylic acids is 1. The molecule has 0 bridgehead atoms. The van der Waals surface area contributed by atoms with Gasteiger partial charge < -0.3 is 10.1 Å². The fraction of sp³-hybridized carbons (Fsp3) is 0.0741. The number of thiazole rings is 1. The summed E-state index contributed by atoms with van der Waals surface area (Å²) < 4.78 is 7.52. The van der Waals surface area contributed by atoms with Crippen LogP contribution in [0.2, 0.25) is 10.0 Å². The van der Waals surface area contributed by atoms with Gasteiger partial charge in [-0.2, -0.15) is 5.26 Å². The minimum absolute atomic E-state index is 0.185. The third-order valence-corrected chi connectivity index (χ3v) is 6.73. The number of benzene rings is 3. The largest absolute Gasteiger partial charge is 0.493 e. The van der Waals surface area contributed by atoms with Crippen molar-refractivity contribution in [2.75, 3.05) is 11.9 Å². The summed E-state index contributed by atoms with van der Waals surface area (Å²) in [4.78, 5) is 26.8. The molecule has 0 atom stereocenters. The molecule has 6 nitrogen and oxygen atoms in total. The zero-order chi connectivity index (χ0) is 25.7. The highest BCUT2D eigenvalue weighted by Gasteiger charge is 2.18. The average molecular weight is 536 g/mol. The molecule has 4 aromatic rings. The van der Waals surface area contributed by atoms with E-state index in [2.05, 4.69) is 5.32 Å². The van der Waals surface area contributed by atoms with E-state index in [-0.39, 0.29) is 15.8 Å². The van der Waals surface area contributed by atoms with E-state index in [1.54, 1.807) is 72.8 Å². The van der Waals surface area contributed by atoms with Gasteiger partial charge in [-0.1, -0.05) is 53.5 Å². The maximum Gasteiger partial charge on any atom is 0.273 e. The predicted molar refractivity (Wildman–Crippen MR) is 144 cm³/mol. The van der Waals surface area contributed by atoms with E-state index >= 15 is 0 Å². The van der Waals surface area contributed by atoms with Crippen molar-refractivity contribution in [3.8, 4) is 17.5 Å². The van der Waals surface area contributed by atoms with Gasteiger partial charge >= 0.3 is 0 Å². The van der Waals surface area contributed by atoms with Gasteiger partial charge in [-0.15, -0.1) is 11.3 Å². The van der Waals surface area contributed by atoms with Gasteiger partial charge in [-0.05, 0) is 55.5 Å². The SMILES string of the molecule is CCOc1ccc(Cl)cc1C=c1sc(=C(C#N)C(=O)Nc2ccccc2Cl)n(-c2ccccc2)c1=O. The van der Waals surface area contributed by atoms with Crippen LogP contribution in [0.1, 0.15) is 12.5 Å². The van der Waals surface area contributed by atoms with Crippen molar-refractivity contribution in [2.45, 2.75) is 6.92 Å². The van der Waals surface area contributed by atoms with Gasteiger partial charge in [0.05, 0.1) is 27.5 Å². The molecule has 9 heteroatoms. The van der Waals surface area contributed by atoms with Crippen molar-refractivity contribution in [1.29, 1.82) is 5.26 Å². The Kier molecular flexibility index (Phi) is 7.91. The Hall–Kier alpha value is -3.83. The van der Waals surface area contributed by atoms with Crippen LogP contribution in [-0.4, -0.2) is 17.1 Å². The summed E-state index contributed by atoms with van der Waals surface area (Å²) in [6.07, 6.45) is 1.65. The molecule has 0 saturated carbocycles. The van der Waals surface area contributed by atoms with Gasteiger partial charge in [0.1, 0.15) is 16.5 Å². The lowest BCUT2D eigenvalue weighted by Gasteiger charge is -2.07. The molecule has 1 N–H and O–H groups in total. The third-order valence-electron chi connectivity index (χ3n) is 5.07. The van der Waals surface area contributed by atoms with Gasteiger partial charge in [0.15, 0.2) is 5.57 Å². The molecular formula is C27H19Cl2N3O3S. The van der Waals surface area contributed by atoms with Gasteiger partial charge in [-0.25, -0.2) is 0 Å². The first-order chi connectivity index (χ1) is 17.4. The van der Waals surface area contributed by atoms with Gasteiger partial charge in [0, 0.05) is 10.6 Å². The molecule has 1 aromatic heterocycles. The van der Waals surface area contributed by atoms with Crippen molar-refractivity contribution < 1.29 is 9.53 Å². The van der Waals surface area contributed by atoms with Crippen LogP contribution >= 0.6 is 34.5 Å². The lowest BCUT2D eigenvalue weighted by molar-refractivity contribution is -0.111. The van der Waals surface area contributed by atoms with Crippen LogP contribution in [0.25, 0.3) is 17.3 Å². The molecule has 0 aliphatic rings. The van der Waals surface area contributed by atoms with Crippen molar-refractivity contribution in [1.82, 2.24) is 4.57 Å². The highest BCUT2D eigenvalue weighted by atomic mass is 35.5. The van der Waals surface area contributed by atoms with Crippen LogP contribution in [0.4, 0.5) is 5.69 Å². The van der Waals surface area contributed by atoms with Crippen LogP contribution in [0.5, 0.6) is 5.75 Å². The number of para-hydroxylation sites is 2. The molecule has 180 valence electrons. The molecule has 1 amide bonds. The molecule has 0 fully saturated rings. The van der Waals surface area contributed by atoms with E-state index in [4.69, 9.17) is 27.9 Å². The summed E-state index contributed by atoms with van der Waals surface area (Å²) in [7, 11) is 0. The second kappa shape index (κ2) is 11.3. The minimum Gasteiger partial charge on any atom is -0.493 e. The first kappa shape index (κ1) is 25.3. The number of anilines is 1. The van der Waals surface area contributed by atoms with Crippen molar-refractivity contribution >= 4 is 57.8 Å². The third kappa shape index (κ3) is 5.37. The smallest absolute Gasteiger partial charge is 0.273 e. The van der Waals surface area contributed by atoms with Crippen LogP contribution in [-0.2, 0) is 4.79 Å². The zero-order valence-electron chi connectivity index (χ0n) is 19.0. The maximum atomic E-state index is 13.6. The number of rotatable bonds is 6. The second-order valence-corrected chi connectivity index (χ2v) is 9.30. The van der Waals surface area contributed by atoms with E-state index in [0.717, 1.165) is 11.3 Å². The maximum absolute atomic E-state index is 13.6. The number of carbonyl (C=O) groups is 1. The Morgan fingerprint density at radius 3 is 2.53 bits per heavy atom. The van der Waals surface area contributed by atoms with Gasteiger partial charge in [0.25, 0.3) is 11.5 Å². The van der Waals surface area contributed by atoms with E-state index in [0.29, 0.717) is 43.9 Å². The Balaban J connectivity index is 1.98. The molecule has 36 heavy (non-hydrogen) atoms. The molecule has 0 saturated heterocycles. The predicted octanol–water partition coefficient (Wildman–Crippen LogP) is 4.75. The lowest BCUT2D eigenvalue weighted by Crippen LogP contribution is -2.32. The number of hydrogen-bond donors (Lipinski definition) is 1. The summed E-state index contributed by atoms with van der Waals surface area (Å²) >= 11 is 13.4. The van der Waals surface area contributed by atoms with E-state index in [9.17, 15) is 14.9 Å². The molecule has 1 heterocycles. The topological polar surface area (TPSA) is 84.1 Å². The van der Waals surface area contributed by atoms with Crippen LogP contribution in [0, 0.1) is 11.3 Å². The summed E-state index contributed by atoms with van der Waals surface area (Å²) in [5, 5.41) is 13.4. The number of hydrogen-bond acceptors (Lipinski definition) is 5. The Morgan fingerprint density at radius 2 is 1.83 bits per heavy atom. The number of nitrogens with one attached hydrogen (secondary N) is 1. The van der Waals surface area contributed by atoms with Gasteiger partial charge in [0.2, 0.25) is 0 Å². The number of halogens is 2. The number of aromatic nitrogens is 1. The normalized spacial score (nSPS) is 12.1. The standard InChI is InChI=1S/C27H19Cl2N3O3S/c1-2-35-23-13-12-18(28)14-17(23)15-24-26(34)32(19-8-4-3-5-9-19)27(36-24)20(16-30)25(33)31-22-11-7-6-10-21(22)29/h3-15H,2H2,1H3,(H,31,33). The molecule has 3 aromatic carbocycles. The summed E-state index contributed by atoms with van der Waals surface area (Å²) in [5.74, 6) is -0.121. The summed E-state index contributed by atoms with van der Waals surface area (Å²) in [5.41, 5.74) is 0.865. The van der Waals surface area contributed by atoms with E-state index in [1.165, 1.54) is 4.57 Å². The van der Waals surface area contributed by atoms with Crippen molar-refractivity contribution in [2.24, 2.45) is 0 Å². The molecule has 0 radical (unpaired) electrons. The highest BCUT2D eigenvalue weighted by Crippen LogP contribution is 2.24. The molecule has 0 spiro atoms. The molecule has 0 aliphatic carbocycles. The molecular weight excluding hydrogens is 517 g/mol. The quantitative estimate of drug-likeness (QED) is 0.386. The van der Waals surface area contributed by atoms with Crippen LogP contribution in [0.3, 0.4) is 0 Å². The minimum atomic E-state index is -0.680. The van der Waals surface area contributed by atoms with Crippen molar-refractivity contribution in [3.05, 3.63) is 108 Å². The Bertz CT molecular complexity index is 1650.